The minimum Gasteiger partial charge on any atom is -0.143 e. The summed E-state index contributed by atoms with van der Waals surface area (Å²) in [5, 5.41) is 0. The average molecular weight is 353 g/mol. The zero-order chi connectivity index (χ0) is 17.6. The zero-order valence-electron chi connectivity index (χ0n) is 14.5. The van der Waals surface area contributed by atoms with Gasteiger partial charge >= 0.3 is 0 Å². The summed E-state index contributed by atoms with van der Waals surface area (Å²) < 4.78 is 0. The highest BCUT2D eigenvalue weighted by Crippen LogP contribution is 2.57. The normalized spacial score (nSPS) is 17.1. The topological polar surface area (TPSA) is 0 Å². The van der Waals surface area contributed by atoms with Crippen LogP contribution < -0.4 is 0 Å². The number of thiol groups is 1. The Morgan fingerprint density at radius 3 is 2.04 bits per heavy atom. The molecule has 0 aromatic heterocycles. The van der Waals surface area contributed by atoms with Crippen LogP contribution in [0.3, 0.4) is 0 Å². The summed E-state index contributed by atoms with van der Waals surface area (Å²) in [6, 6.07) is 28.4. The van der Waals surface area contributed by atoms with E-state index >= 15 is 0 Å². The molecule has 0 amide bonds. The van der Waals surface area contributed by atoms with Crippen molar-refractivity contribution in [1.82, 2.24) is 0 Å². The first-order valence-electron chi connectivity index (χ1n) is 9.17. The molecular weight excluding hydrogens is 332 g/mol. The predicted octanol–water partition coefficient (Wildman–Crippen LogP) is 6.43. The van der Waals surface area contributed by atoms with Gasteiger partial charge in [-0.25, -0.2) is 0 Å². The van der Waals surface area contributed by atoms with Crippen LogP contribution in [0.25, 0.3) is 5.57 Å². The maximum Gasteiger partial charge on any atom is 0.0710 e. The molecule has 0 bridgehead atoms. The van der Waals surface area contributed by atoms with Crippen LogP contribution in [0.1, 0.15) is 35.1 Å². The van der Waals surface area contributed by atoms with Crippen molar-refractivity contribution in [2.75, 3.05) is 0 Å². The van der Waals surface area contributed by atoms with Crippen molar-refractivity contribution in [1.29, 1.82) is 0 Å². The van der Waals surface area contributed by atoms with Gasteiger partial charge in [-0.05, 0) is 52.3 Å². The molecule has 0 atom stereocenters. The highest BCUT2D eigenvalue weighted by atomic mass is 32.1. The number of benzene rings is 3. The second kappa shape index (κ2) is 6.03. The van der Waals surface area contributed by atoms with E-state index in [1.807, 2.05) is 0 Å². The van der Waals surface area contributed by atoms with Crippen LogP contribution >= 0.6 is 12.6 Å². The van der Waals surface area contributed by atoms with Gasteiger partial charge in [-0.2, -0.15) is 0 Å². The molecule has 0 nitrogen and oxygen atoms in total. The van der Waals surface area contributed by atoms with Crippen LogP contribution in [-0.4, -0.2) is 0 Å². The Kier molecular flexibility index (Phi) is 3.65. The van der Waals surface area contributed by atoms with E-state index in [0.717, 1.165) is 17.7 Å². The van der Waals surface area contributed by atoms with E-state index in [0.29, 0.717) is 0 Å². The SMILES string of the molecule is Sc1cccc2c1C1=C(C=CCC1)C2(c1ccccc1)c1ccccc1. The molecule has 2 aliphatic rings. The average Bonchev–Trinajstić information content (AvgIpc) is 3.02. The van der Waals surface area contributed by atoms with Crippen LogP contribution in [0.5, 0.6) is 0 Å². The molecule has 0 spiro atoms. The molecule has 3 aromatic carbocycles. The lowest BCUT2D eigenvalue weighted by Crippen LogP contribution is -2.29. The molecule has 0 heterocycles. The monoisotopic (exact) mass is 352 g/mol. The molecule has 0 aliphatic heterocycles. The summed E-state index contributed by atoms with van der Waals surface area (Å²) in [4.78, 5) is 1.08. The maximum atomic E-state index is 4.85. The Labute approximate surface area is 160 Å². The third-order valence-corrected chi connectivity index (χ3v) is 6.11. The first kappa shape index (κ1) is 15.7. The smallest absolute Gasteiger partial charge is 0.0710 e. The third-order valence-electron chi connectivity index (χ3n) is 5.74. The molecule has 5 rings (SSSR count). The summed E-state index contributed by atoms with van der Waals surface area (Å²) in [6.45, 7) is 0. The van der Waals surface area contributed by atoms with Gasteiger partial charge < -0.3 is 0 Å². The van der Waals surface area contributed by atoms with Crippen molar-refractivity contribution in [3.8, 4) is 0 Å². The highest BCUT2D eigenvalue weighted by molar-refractivity contribution is 7.80. The first-order chi connectivity index (χ1) is 12.8. The van der Waals surface area contributed by atoms with Gasteiger partial charge in [-0.3, -0.25) is 0 Å². The van der Waals surface area contributed by atoms with Crippen molar-refractivity contribution in [3.63, 3.8) is 0 Å². The fourth-order valence-electron chi connectivity index (χ4n) is 4.75. The minimum atomic E-state index is -0.261. The van der Waals surface area contributed by atoms with Crippen LogP contribution in [0.15, 0.2) is 101 Å². The number of allylic oxidation sites excluding steroid dienone is 4. The molecule has 26 heavy (non-hydrogen) atoms. The largest absolute Gasteiger partial charge is 0.143 e. The Balaban J connectivity index is 1.96. The van der Waals surface area contributed by atoms with Crippen LogP contribution in [-0.2, 0) is 5.41 Å². The number of hydrogen-bond acceptors (Lipinski definition) is 1. The van der Waals surface area contributed by atoms with Gasteiger partial charge in [0.05, 0.1) is 5.41 Å². The molecule has 0 N–H and O–H groups in total. The molecule has 1 heteroatoms. The van der Waals surface area contributed by atoms with E-state index in [1.165, 1.54) is 33.4 Å². The van der Waals surface area contributed by atoms with E-state index < -0.39 is 0 Å². The molecule has 0 saturated heterocycles. The van der Waals surface area contributed by atoms with Gasteiger partial charge in [0.1, 0.15) is 0 Å². The maximum absolute atomic E-state index is 4.85. The third kappa shape index (κ3) is 2.04. The van der Waals surface area contributed by atoms with Gasteiger partial charge in [0.25, 0.3) is 0 Å². The van der Waals surface area contributed by atoms with Crippen molar-refractivity contribution < 1.29 is 0 Å². The highest BCUT2D eigenvalue weighted by Gasteiger charge is 2.47. The Morgan fingerprint density at radius 1 is 0.731 bits per heavy atom. The lowest BCUT2D eigenvalue weighted by molar-refractivity contribution is 0.755. The second-order valence-corrected chi connectivity index (χ2v) is 7.50. The van der Waals surface area contributed by atoms with Gasteiger partial charge in [0.15, 0.2) is 0 Å². The standard InChI is InChI=1S/C25H20S/c26-23-17-9-16-22-24(23)20-14-7-8-15-21(20)25(22,18-10-3-1-4-11-18)19-12-5-2-6-13-19/h1-6,8-13,15-17,26H,7,14H2. The summed E-state index contributed by atoms with van der Waals surface area (Å²) in [5.74, 6) is 0. The lowest BCUT2D eigenvalue weighted by Gasteiger charge is -2.35. The fourth-order valence-corrected chi connectivity index (χ4v) is 5.10. The van der Waals surface area contributed by atoms with E-state index in [2.05, 4.69) is 91.0 Å². The van der Waals surface area contributed by atoms with Gasteiger partial charge in [-0.1, -0.05) is 84.9 Å². The van der Waals surface area contributed by atoms with Crippen LogP contribution in [0.2, 0.25) is 0 Å². The Hall–Kier alpha value is -2.51. The van der Waals surface area contributed by atoms with Crippen molar-refractivity contribution in [2.24, 2.45) is 0 Å². The number of hydrogen-bond donors (Lipinski definition) is 1. The lowest BCUT2D eigenvalue weighted by atomic mass is 9.66. The zero-order valence-corrected chi connectivity index (χ0v) is 15.4. The van der Waals surface area contributed by atoms with E-state index in [1.54, 1.807) is 0 Å². The van der Waals surface area contributed by atoms with E-state index in [9.17, 15) is 0 Å². The van der Waals surface area contributed by atoms with Crippen molar-refractivity contribution >= 4 is 18.2 Å². The Bertz CT molecular complexity index is 987. The van der Waals surface area contributed by atoms with Gasteiger partial charge in [0, 0.05) is 4.90 Å². The van der Waals surface area contributed by atoms with Gasteiger partial charge in [0.2, 0.25) is 0 Å². The van der Waals surface area contributed by atoms with Crippen LogP contribution in [0, 0.1) is 0 Å². The van der Waals surface area contributed by atoms with Crippen molar-refractivity contribution in [3.05, 3.63) is 119 Å². The van der Waals surface area contributed by atoms with E-state index in [-0.39, 0.29) is 5.41 Å². The molecule has 0 unspecified atom stereocenters. The molecule has 126 valence electrons. The van der Waals surface area contributed by atoms with Crippen LogP contribution in [0.4, 0.5) is 0 Å². The molecule has 2 aliphatic carbocycles. The number of fused-ring (bicyclic) bond motifs is 2. The first-order valence-corrected chi connectivity index (χ1v) is 9.62. The molecule has 3 aromatic rings. The fraction of sp³-hybridized carbons (Fsp3) is 0.120. The molecular formula is C25H20S. The van der Waals surface area contributed by atoms with E-state index in [4.69, 9.17) is 12.6 Å². The molecule has 0 radical (unpaired) electrons. The minimum absolute atomic E-state index is 0.261. The second-order valence-electron chi connectivity index (χ2n) is 7.02. The molecule has 0 fully saturated rings. The summed E-state index contributed by atoms with van der Waals surface area (Å²) in [7, 11) is 0. The Morgan fingerprint density at radius 2 is 1.38 bits per heavy atom. The van der Waals surface area contributed by atoms with Gasteiger partial charge in [-0.15, -0.1) is 12.6 Å². The summed E-state index contributed by atoms with van der Waals surface area (Å²) in [6.07, 6.45) is 6.85. The number of rotatable bonds is 2. The summed E-state index contributed by atoms with van der Waals surface area (Å²) in [5.41, 5.74) is 7.95. The van der Waals surface area contributed by atoms with Crippen molar-refractivity contribution in [2.45, 2.75) is 23.2 Å². The quantitative estimate of drug-likeness (QED) is 0.505. The molecule has 0 saturated carbocycles. The predicted molar refractivity (Wildman–Crippen MR) is 112 cm³/mol. The summed E-state index contributed by atoms with van der Waals surface area (Å²) >= 11 is 4.85.